The molecule has 2 bridgehead atoms. The Hall–Kier alpha value is -2.19. The van der Waals surface area contributed by atoms with Crippen LogP contribution in [0, 0.1) is 23.7 Å². The zero-order valence-electron chi connectivity index (χ0n) is 32.8. The predicted octanol–water partition coefficient (Wildman–Crippen LogP) is 5.38. The third-order valence-corrected chi connectivity index (χ3v) is 13.2. The molecular formula is C43H62O11. The summed E-state index contributed by atoms with van der Waals surface area (Å²) in [4.78, 5) is 14.3. The van der Waals surface area contributed by atoms with E-state index in [1.54, 1.807) is 26.2 Å². The van der Waals surface area contributed by atoms with Crippen LogP contribution in [0.25, 0.3) is 0 Å². The van der Waals surface area contributed by atoms with E-state index in [1.165, 1.54) is 19.3 Å². The van der Waals surface area contributed by atoms with E-state index in [0.717, 1.165) is 18.4 Å². The molecule has 1 spiro atoms. The summed E-state index contributed by atoms with van der Waals surface area (Å²) in [5, 5.41) is 34.2. The average Bonchev–Trinajstić information content (AvgIpc) is 3.49. The molecule has 5 heterocycles. The number of carbonyl (C=O) groups excluding carboxylic acids is 1. The Morgan fingerprint density at radius 3 is 2.48 bits per heavy atom. The van der Waals surface area contributed by atoms with Crippen LogP contribution < -0.4 is 0 Å². The van der Waals surface area contributed by atoms with Crippen molar-refractivity contribution in [2.75, 3.05) is 13.7 Å². The van der Waals surface area contributed by atoms with Crippen LogP contribution in [-0.4, -0.2) is 108 Å². The number of carbonyl (C=O) groups is 1. The first-order valence-corrected chi connectivity index (χ1v) is 20.3. The molecule has 5 aliphatic heterocycles. The lowest BCUT2D eigenvalue weighted by molar-refractivity contribution is -0.301. The minimum atomic E-state index is -1.81. The molecule has 0 aromatic rings. The van der Waals surface area contributed by atoms with Gasteiger partial charge in [0.1, 0.15) is 35.9 Å². The number of methoxy groups -OCH3 is 1. The van der Waals surface area contributed by atoms with Crippen LogP contribution in [0.2, 0.25) is 0 Å². The molecule has 3 N–H and O–H groups in total. The summed E-state index contributed by atoms with van der Waals surface area (Å²) < 4.78 is 44.8. The van der Waals surface area contributed by atoms with Gasteiger partial charge in [0, 0.05) is 38.2 Å². The maximum Gasteiger partial charge on any atom is 0.316 e. The van der Waals surface area contributed by atoms with Crippen LogP contribution >= 0.6 is 0 Å². The van der Waals surface area contributed by atoms with Crippen molar-refractivity contribution in [1.29, 1.82) is 0 Å². The third-order valence-electron chi connectivity index (χ3n) is 13.2. The van der Waals surface area contributed by atoms with Gasteiger partial charge in [-0.3, -0.25) is 4.79 Å². The summed E-state index contributed by atoms with van der Waals surface area (Å²) >= 11 is 0. The minimum Gasteiger partial charge on any atom is -0.462 e. The SMILES string of the molecule is CO[C@H]1C[C@H](O[C@@H]2/C(C)=C/C[C@@H]3C[C@@H](C[C@]4(C=C[C@H](C)[C@@H](C5CCCCC5)O4)O3)OC(=O)[C@@H]3C=C(C)[C@@H](O)[C@H]4OC/C(=C\C=C\[C@@H]2C)[C@]43O)O[C@@H](C)[C@@H]1O. The fraction of sp³-hybridized carbons (Fsp3) is 0.744. The normalized spacial score (nSPS) is 48.9. The smallest absolute Gasteiger partial charge is 0.316 e. The van der Waals surface area contributed by atoms with E-state index < -0.39 is 72.3 Å². The van der Waals surface area contributed by atoms with Crippen molar-refractivity contribution in [3.8, 4) is 0 Å². The van der Waals surface area contributed by atoms with Crippen LogP contribution in [0.5, 0.6) is 0 Å². The van der Waals surface area contributed by atoms with Gasteiger partial charge in [-0.2, -0.15) is 0 Å². The molecule has 0 aromatic heterocycles. The second kappa shape index (κ2) is 16.3. The van der Waals surface area contributed by atoms with Crippen molar-refractivity contribution in [2.45, 2.75) is 165 Å². The van der Waals surface area contributed by atoms with E-state index in [2.05, 4.69) is 26.0 Å². The molecule has 0 aromatic carbocycles. The first-order chi connectivity index (χ1) is 25.8. The number of aliphatic hydroxyl groups excluding tert-OH is 2. The topological polar surface area (TPSA) is 142 Å². The van der Waals surface area contributed by atoms with Crippen LogP contribution in [0.3, 0.4) is 0 Å². The van der Waals surface area contributed by atoms with Gasteiger partial charge in [0.25, 0.3) is 0 Å². The van der Waals surface area contributed by atoms with E-state index in [0.29, 0.717) is 42.7 Å². The molecule has 300 valence electrons. The molecule has 11 heteroatoms. The molecule has 54 heavy (non-hydrogen) atoms. The van der Waals surface area contributed by atoms with Gasteiger partial charge in [-0.05, 0) is 68.7 Å². The van der Waals surface area contributed by atoms with Crippen molar-refractivity contribution in [3.05, 3.63) is 59.3 Å². The fourth-order valence-corrected chi connectivity index (χ4v) is 9.99. The number of hydrogen-bond donors (Lipinski definition) is 3. The first kappa shape index (κ1) is 40.0. The van der Waals surface area contributed by atoms with Gasteiger partial charge in [-0.25, -0.2) is 0 Å². The molecule has 15 atom stereocenters. The maximum atomic E-state index is 14.3. The summed E-state index contributed by atoms with van der Waals surface area (Å²) in [5.74, 6) is -2.20. The summed E-state index contributed by atoms with van der Waals surface area (Å²) in [5.41, 5.74) is 0.217. The summed E-state index contributed by atoms with van der Waals surface area (Å²) in [6.07, 6.45) is 15.5. The van der Waals surface area contributed by atoms with Gasteiger partial charge < -0.3 is 48.5 Å². The molecule has 3 saturated heterocycles. The van der Waals surface area contributed by atoms with E-state index in [-0.39, 0.29) is 30.7 Å². The van der Waals surface area contributed by atoms with E-state index in [9.17, 15) is 20.1 Å². The quantitative estimate of drug-likeness (QED) is 0.252. The Balaban J connectivity index is 1.24. The first-order valence-electron chi connectivity index (χ1n) is 20.3. The van der Waals surface area contributed by atoms with Gasteiger partial charge in [0.2, 0.25) is 0 Å². The molecular weight excluding hydrogens is 692 g/mol. The minimum absolute atomic E-state index is 0.00602. The number of fused-ring (bicyclic) bond motifs is 2. The molecule has 0 radical (unpaired) electrons. The maximum absolute atomic E-state index is 14.3. The Kier molecular flexibility index (Phi) is 12.1. The standard InChI is InChI=1S/C43H62O11/c1-24-11-10-14-30-23-49-40-36(44)27(4)19-33(43(30,40)47)41(46)51-32-20-31(16-15-25(2)38(24)52-35-21-34(48-6)37(45)28(5)50-35)53-42(22-32)18-17-26(3)39(54-42)29-12-8-7-9-13-29/h10-11,14-15,17-19,24,26,28-29,31-40,44-45,47H,7-9,12-13,16,20-23H2,1-6H3/b11-10+,25-15+,30-14+/t24-,26-,28-,31+,32-,33-,34-,35-,36+,37-,38-,39-,40+,42+,43+/m0/s1. The fourth-order valence-electron chi connectivity index (χ4n) is 9.99. The van der Waals surface area contributed by atoms with Crippen LogP contribution in [0.1, 0.15) is 92.4 Å². The van der Waals surface area contributed by atoms with Gasteiger partial charge in [0.15, 0.2) is 12.1 Å². The number of ether oxygens (including phenoxy) is 7. The second-order valence-corrected chi connectivity index (χ2v) is 17.1. The number of esters is 1. The van der Waals surface area contributed by atoms with E-state index in [1.807, 2.05) is 32.1 Å². The zero-order chi connectivity index (χ0) is 38.4. The molecule has 11 nitrogen and oxygen atoms in total. The largest absolute Gasteiger partial charge is 0.462 e. The van der Waals surface area contributed by atoms with Crippen LogP contribution in [-0.2, 0) is 38.0 Å². The summed E-state index contributed by atoms with van der Waals surface area (Å²) in [6.45, 7) is 9.92. The van der Waals surface area contributed by atoms with Crippen LogP contribution in [0.15, 0.2) is 59.3 Å². The van der Waals surface area contributed by atoms with E-state index >= 15 is 0 Å². The lowest BCUT2D eigenvalue weighted by atomic mass is 9.71. The van der Waals surface area contributed by atoms with Crippen molar-refractivity contribution in [1.82, 2.24) is 0 Å². The highest BCUT2D eigenvalue weighted by Crippen LogP contribution is 2.47. The highest BCUT2D eigenvalue weighted by Gasteiger charge is 2.60. The zero-order valence-corrected chi connectivity index (χ0v) is 32.8. The lowest BCUT2D eigenvalue weighted by Gasteiger charge is -2.49. The predicted molar refractivity (Wildman–Crippen MR) is 200 cm³/mol. The Morgan fingerprint density at radius 2 is 1.72 bits per heavy atom. The number of allylic oxidation sites excluding steroid dienone is 2. The Labute approximate surface area is 320 Å². The van der Waals surface area contributed by atoms with Crippen LogP contribution in [0.4, 0.5) is 0 Å². The molecule has 7 aliphatic rings. The van der Waals surface area contributed by atoms with Crippen molar-refractivity contribution in [2.24, 2.45) is 23.7 Å². The Morgan fingerprint density at radius 1 is 0.944 bits per heavy atom. The molecule has 1 saturated carbocycles. The van der Waals surface area contributed by atoms with Gasteiger partial charge >= 0.3 is 5.97 Å². The molecule has 4 fully saturated rings. The van der Waals surface area contributed by atoms with Crippen molar-refractivity contribution >= 4 is 5.97 Å². The average molecular weight is 755 g/mol. The summed E-state index contributed by atoms with van der Waals surface area (Å²) in [6, 6.07) is 0. The third kappa shape index (κ3) is 7.87. The van der Waals surface area contributed by atoms with Gasteiger partial charge in [0.05, 0.1) is 37.1 Å². The highest BCUT2D eigenvalue weighted by molar-refractivity contribution is 5.78. The van der Waals surface area contributed by atoms with E-state index in [4.69, 9.17) is 33.2 Å². The van der Waals surface area contributed by atoms with Crippen molar-refractivity contribution < 1.29 is 53.3 Å². The highest BCUT2D eigenvalue weighted by atomic mass is 16.7. The summed E-state index contributed by atoms with van der Waals surface area (Å²) in [7, 11) is 1.59. The molecule has 0 unspecified atom stereocenters. The van der Waals surface area contributed by atoms with Crippen molar-refractivity contribution in [3.63, 3.8) is 0 Å². The molecule has 0 amide bonds. The van der Waals surface area contributed by atoms with Gasteiger partial charge in [-0.15, -0.1) is 0 Å². The number of rotatable bonds is 4. The number of aliphatic hydroxyl groups is 3. The second-order valence-electron chi connectivity index (χ2n) is 17.1. The Bertz CT molecular complexity index is 1510. The monoisotopic (exact) mass is 754 g/mol. The van der Waals surface area contributed by atoms with Gasteiger partial charge in [-0.1, -0.05) is 69.6 Å². The lowest BCUT2D eigenvalue weighted by Crippen LogP contribution is -2.58. The molecule has 7 rings (SSSR count). The molecule has 2 aliphatic carbocycles. The number of hydrogen-bond acceptors (Lipinski definition) is 11.